The van der Waals surface area contributed by atoms with Crippen LogP contribution in [0, 0.1) is 0 Å². The standard InChI is InChI=1S/C13H10O.2C2H6.2CH4O/c14-13(11-7-3-1-4-8-11)12-9-5-2-6-10-12;4*1-2/h1-10H;2*1-2H3;2*2H,1H3. The molecule has 0 bridgehead atoms. The third-order valence-electron chi connectivity index (χ3n) is 2.07. The topological polar surface area (TPSA) is 57.5 Å². The van der Waals surface area contributed by atoms with Crippen molar-refractivity contribution >= 4 is 5.78 Å². The van der Waals surface area contributed by atoms with Gasteiger partial charge in [-0.3, -0.25) is 4.79 Å². The first-order valence-corrected chi connectivity index (χ1v) is 7.42. The summed E-state index contributed by atoms with van der Waals surface area (Å²) in [6.45, 7) is 8.00. The molecule has 2 aromatic rings. The second-order valence-electron chi connectivity index (χ2n) is 3.06. The Morgan fingerprint density at radius 2 is 0.818 bits per heavy atom. The van der Waals surface area contributed by atoms with E-state index in [2.05, 4.69) is 0 Å². The van der Waals surface area contributed by atoms with Crippen molar-refractivity contribution in [3.63, 3.8) is 0 Å². The first-order valence-electron chi connectivity index (χ1n) is 7.42. The molecule has 0 saturated heterocycles. The maximum Gasteiger partial charge on any atom is 0.193 e. The van der Waals surface area contributed by atoms with Crippen LogP contribution in [0.15, 0.2) is 60.7 Å². The highest BCUT2D eigenvalue weighted by Crippen LogP contribution is 2.08. The van der Waals surface area contributed by atoms with Crippen molar-refractivity contribution in [2.45, 2.75) is 27.7 Å². The van der Waals surface area contributed by atoms with Gasteiger partial charge in [-0.05, 0) is 0 Å². The minimum atomic E-state index is 0.0752. The van der Waals surface area contributed by atoms with Crippen LogP contribution in [-0.4, -0.2) is 30.2 Å². The van der Waals surface area contributed by atoms with Crippen molar-refractivity contribution in [2.75, 3.05) is 14.2 Å². The van der Waals surface area contributed by atoms with Crippen LogP contribution < -0.4 is 0 Å². The van der Waals surface area contributed by atoms with Crippen molar-refractivity contribution in [2.24, 2.45) is 0 Å². The molecule has 0 atom stereocenters. The molecular formula is C19H30O3. The van der Waals surface area contributed by atoms with Gasteiger partial charge in [-0.1, -0.05) is 88.4 Å². The van der Waals surface area contributed by atoms with Gasteiger partial charge in [0.2, 0.25) is 0 Å². The lowest BCUT2D eigenvalue weighted by atomic mass is 10.0. The van der Waals surface area contributed by atoms with Gasteiger partial charge in [0.15, 0.2) is 5.78 Å². The summed E-state index contributed by atoms with van der Waals surface area (Å²) in [6.07, 6.45) is 0. The SMILES string of the molecule is CC.CC.CO.CO.O=C(c1ccccc1)c1ccccc1. The normalized spacial score (nSPS) is 7.27. The van der Waals surface area contributed by atoms with Crippen LogP contribution >= 0.6 is 0 Å². The molecule has 2 rings (SSSR count). The summed E-state index contributed by atoms with van der Waals surface area (Å²) < 4.78 is 0. The highest BCUT2D eigenvalue weighted by molar-refractivity contribution is 6.08. The minimum absolute atomic E-state index is 0.0752. The van der Waals surface area contributed by atoms with E-state index in [0.717, 1.165) is 25.3 Å². The lowest BCUT2D eigenvalue weighted by Gasteiger charge is -1.99. The predicted octanol–water partition coefficient (Wildman–Crippen LogP) is 4.19. The molecule has 0 aliphatic rings. The number of carbonyl (C=O) groups is 1. The first kappa shape index (κ1) is 25.0. The van der Waals surface area contributed by atoms with Crippen LogP contribution in [0.3, 0.4) is 0 Å². The minimum Gasteiger partial charge on any atom is -0.400 e. The Bertz CT molecular complexity index is 383. The molecule has 0 spiro atoms. The molecule has 0 heterocycles. The maximum atomic E-state index is 11.8. The maximum absolute atomic E-state index is 11.8. The highest BCUT2D eigenvalue weighted by atomic mass is 16.2. The van der Waals surface area contributed by atoms with E-state index in [9.17, 15) is 4.79 Å². The fraction of sp³-hybridized carbons (Fsp3) is 0.316. The molecule has 2 N–H and O–H groups in total. The molecule has 0 unspecified atom stereocenters. The van der Waals surface area contributed by atoms with E-state index in [1.807, 2.05) is 88.4 Å². The predicted molar refractivity (Wildman–Crippen MR) is 95.3 cm³/mol. The van der Waals surface area contributed by atoms with Crippen molar-refractivity contribution in [3.05, 3.63) is 71.8 Å². The quantitative estimate of drug-likeness (QED) is 0.818. The van der Waals surface area contributed by atoms with Crippen LogP contribution in [0.1, 0.15) is 43.6 Å². The van der Waals surface area contributed by atoms with E-state index in [1.54, 1.807) is 0 Å². The molecule has 3 nitrogen and oxygen atoms in total. The third kappa shape index (κ3) is 10.8. The second kappa shape index (κ2) is 21.3. The summed E-state index contributed by atoms with van der Waals surface area (Å²) in [5.41, 5.74) is 1.47. The average molecular weight is 306 g/mol. The highest BCUT2D eigenvalue weighted by Gasteiger charge is 2.06. The molecule has 2 aromatic carbocycles. The van der Waals surface area contributed by atoms with Crippen LogP contribution in [0.5, 0.6) is 0 Å². The lowest BCUT2D eigenvalue weighted by molar-refractivity contribution is 0.103. The zero-order valence-electron chi connectivity index (χ0n) is 14.6. The molecule has 3 heteroatoms. The number of hydrogen-bond acceptors (Lipinski definition) is 3. The largest absolute Gasteiger partial charge is 0.400 e. The molecule has 0 saturated carbocycles. The van der Waals surface area contributed by atoms with Crippen LogP contribution in [0.4, 0.5) is 0 Å². The van der Waals surface area contributed by atoms with Gasteiger partial charge < -0.3 is 10.2 Å². The van der Waals surface area contributed by atoms with Crippen molar-refractivity contribution in [1.29, 1.82) is 0 Å². The molecule has 0 fully saturated rings. The molecule has 0 aliphatic heterocycles. The fourth-order valence-electron chi connectivity index (χ4n) is 1.35. The van der Waals surface area contributed by atoms with Gasteiger partial charge in [-0.2, -0.15) is 0 Å². The summed E-state index contributed by atoms with van der Waals surface area (Å²) in [7, 11) is 2.00. The number of aliphatic hydroxyl groups excluding tert-OH is 2. The molecule has 124 valence electrons. The van der Waals surface area contributed by atoms with Crippen LogP contribution in [-0.2, 0) is 0 Å². The van der Waals surface area contributed by atoms with Gasteiger partial charge >= 0.3 is 0 Å². The molecule has 0 radical (unpaired) electrons. The summed E-state index contributed by atoms with van der Waals surface area (Å²) in [6, 6.07) is 18.6. The summed E-state index contributed by atoms with van der Waals surface area (Å²) >= 11 is 0. The number of carbonyl (C=O) groups excluding carboxylic acids is 1. The monoisotopic (exact) mass is 306 g/mol. The number of rotatable bonds is 2. The van der Waals surface area contributed by atoms with Gasteiger partial charge in [0, 0.05) is 25.3 Å². The number of hydrogen-bond donors (Lipinski definition) is 2. The van der Waals surface area contributed by atoms with Crippen molar-refractivity contribution in [3.8, 4) is 0 Å². The number of benzene rings is 2. The van der Waals surface area contributed by atoms with E-state index in [-0.39, 0.29) is 5.78 Å². The van der Waals surface area contributed by atoms with Crippen LogP contribution in [0.25, 0.3) is 0 Å². The molecule has 0 amide bonds. The second-order valence-corrected chi connectivity index (χ2v) is 3.06. The summed E-state index contributed by atoms with van der Waals surface area (Å²) in [5, 5.41) is 14.0. The number of ketones is 1. The summed E-state index contributed by atoms with van der Waals surface area (Å²) in [4.78, 5) is 11.8. The third-order valence-corrected chi connectivity index (χ3v) is 2.07. The zero-order chi connectivity index (χ0) is 17.8. The smallest absolute Gasteiger partial charge is 0.193 e. The Morgan fingerprint density at radius 1 is 0.591 bits per heavy atom. The van der Waals surface area contributed by atoms with Gasteiger partial charge in [0.05, 0.1) is 0 Å². The Morgan fingerprint density at radius 3 is 1.05 bits per heavy atom. The molecule has 0 aliphatic carbocycles. The zero-order valence-corrected chi connectivity index (χ0v) is 14.6. The van der Waals surface area contributed by atoms with Crippen molar-refractivity contribution < 1.29 is 15.0 Å². The Labute approximate surface area is 135 Å². The van der Waals surface area contributed by atoms with E-state index in [0.29, 0.717) is 0 Å². The summed E-state index contributed by atoms with van der Waals surface area (Å²) in [5.74, 6) is 0.0752. The van der Waals surface area contributed by atoms with Gasteiger partial charge in [0.25, 0.3) is 0 Å². The van der Waals surface area contributed by atoms with Gasteiger partial charge in [0.1, 0.15) is 0 Å². The first-order chi connectivity index (χ1) is 10.9. The fourth-order valence-corrected chi connectivity index (χ4v) is 1.35. The average Bonchev–Trinajstić information content (AvgIpc) is 2.69. The number of aliphatic hydroxyl groups is 2. The molecule has 22 heavy (non-hydrogen) atoms. The Balaban J connectivity index is -0.000000394. The van der Waals surface area contributed by atoms with E-state index >= 15 is 0 Å². The van der Waals surface area contributed by atoms with E-state index in [4.69, 9.17) is 10.2 Å². The van der Waals surface area contributed by atoms with E-state index < -0.39 is 0 Å². The van der Waals surface area contributed by atoms with E-state index in [1.165, 1.54) is 0 Å². The van der Waals surface area contributed by atoms with Gasteiger partial charge in [-0.25, -0.2) is 0 Å². The van der Waals surface area contributed by atoms with Crippen molar-refractivity contribution in [1.82, 2.24) is 0 Å². The Kier molecular flexibility index (Phi) is 24.2. The van der Waals surface area contributed by atoms with Crippen LogP contribution in [0.2, 0.25) is 0 Å². The van der Waals surface area contributed by atoms with Gasteiger partial charge in [-0.15, -0.1) is 0 Å². The molecule has 0 aromatic heterocycles. The molecular weight excluding hydrogens is 276 g/mol. The Hall–Kier alpha value is -1.97. The lowest BCUT2D eigenvalue weighted by Crippen LogP contribution is -1.99.